The average Bonchev–Trinajstić information content (AvgIpc) is 2.44. The Morgan fingerprint density at radius 1 is 1.20 bits per heavy atom. The Hall–Kier alpha value is -1.95. The largest absolute Gasteiger partial charge is 0.368 e. The Balaban J connectivity index is 1.55. The SMILES string of the molecule is CC1(N)CN(c2cc(F)c(C3CCC(=C4CCC4)NC3=O)c(F)c2)C1. The van der Waals surface area contributed by atoms with Crippen molar-refractivity contribution < 1.29 is 13.6 Å². The summed E-state index contributed by atoms with van der Waals surface area (Å²) in [6, 6.07) is 2.64. The second kappa shape index (κ2) is 5.80. The van der Waals surface area contributed by atoms with Crippen molar-refractivity contribution in [1.29, 1.82) is 0 Å². The van der Waals surface area contributed by atoms with Gasteiger partial charge >= 0.3 is 0 Å². The minimum Gasteiger partial charge on any atom is -0.368 e. The molecule has 1 unspecified atom stereocenters. The summed E-state index contributed by atoms with van der Waals surface area (Å²) in [6.07, 6.45) is 4.31. The highest BCUT2D eigenvalue weighted by molar-refractivity contribution is 5.86. The van der Waals surface area contributed by atoms with E-state index in [-0.39, 0.29) is 17.0 Å². The van der Waals surface area contributed by atoms with Crippen molar-refractivity contribution in [2.24, 2.45) is 5.73 Å². The molecule has 3 N–H and O–H groups in total. The monoisotopic (exact) mass is 347 g/mol. The fraction of sp³-hybridized carbons (Fsp3) is 0.526. The Bertz CT molecular complexity index is 735. The van der Waals surface area contributed by atoms with E-state index in [9.17, 15) is 13.6 Å². The van der Waals surface area contributed by atoms with E-state index in [1.807, 2.05) is 11.8 Å². The van der Waals surface area contributed by atoms with E-state index in [4.69, 9.17) is 5.73 Å². The van der Waals surface area contributed by atoms with Gasteiger partial charge in [-0.05, 0) is 51.2 Å². The molecule has 1 aromatic rings. The maximum Gasteiger partial charge on any atom is 0.231 e. The number of nitrogens with zero attached hydrogens (tertiary/aromatic N) is 1. The number of amides is 1. The minimum atomic E-state index is -0.769. The quantitative estimate of drug-likeness (QED) is 0.865. The summed E-state index contributed by atoms with van der Waals surface area (Å²) in [6.45, 7) is 3.03. The number of halogens is 2. The fourth-order valence-corrected chi connectivity index (χ4v) is 4.01. The topological polar surface area (TPSA) is 58.4 Å². The van der Waals surface area contributed by atoms with Crippen molar-refractivity contribution in [3.05, 3.63) is 40.6 Å². The Kier molecular flexibility index (Phi) is 3.83. The van der Waals surface area contributed by atoms with Gasteiger partial charge in [0.25, 0.3) is 0 Å². The Morgan fingerprint density at radius 3 is 2.32 bits per heavy atom. The van der Waals surface area contributed by atoms with Crippen LogP contribution in [0.15, 0.2) is 23.4 Å². The van der Waals surface area contributed by atoms with E-state index >= 15 is 0 Å². The normalized spacial score (nSPS) is 25.4. The molecule has 0 spiro atoms. The summed E-state index contributed by atoms with van der Waals surface area (Å²) in [5.41, 5.74) is 8.25. The molecule has 1 aliphatic carbocycles. The van der Waals surface area contributed by atoms with Crippen molar-refractivity contribution >= 4 is 11.6 Å². The Morgan fingerprint density at radius 2 is 1.84 bits per heavy atom. The molecule has 6 heteroatoms. The van der Waals surface area contributed by atoms with E-state index in [0.29, 0.717) is 31.6 Å². The average molecular weight is 347 g/mol. The predicted octanol–water partition coefficient (Wildman–Crippen LogP) is 2.93. The lowest BCUT2D eigenvalue weighted by Crippen LogP contribution is -2.65. The summed E-state index contributed by atoms with van der Waals surface area (Å²) in [7, 11) is 0. The van der Waals surface area contributed by atoms with Gasteiger partial charge < -0.3 is 16.0 Å². The molecule has 2 aliphatic heterocycles. The number of hydrogen-bond acceptors (Lipinski definition) is 3. The molecule has 0 bridgehead atoms. The number of piperidine rings is 1. The van der Waals surface area contributed by atoms with Crippen molar-refractivity contribution in [3.8, 4) is 0 Å². The van der Waals surface area contributed by atoms with Crippen LogP contribution in [0.1, 0.15) is 50.5 Å². The van der Waals surface area contributed by atoms with Gasteiger partial charge in [0.05, 0.1) is 5.92 Å². The van der Waals surface area contributed by atoms with Gasteiger partial charge in [-0.25, -0.2) is 8.78 Å². The molecule has 1 aromatic carbocycles. The summed E-state index contributed by atoms with van der Waals surface area (Å²) in [4.78, 5) is 14.3. The third-order valence-electron chi connectivity index (χ3n) is 5.54. The molecular weight excluding hydrogens is 324 g/mol. The minimum absolute atomic E-state index is 0.116. The van der Waals surface area contributed by atoms with Crippen LogP contribution in [-0.2, 0) is 4.79 Å². The highest BCUT2D eigenvalue weighted by Crippen LogP contribution is 2.38. The molecule has 3 aliphatic rings. The van der Waals surface area contributed by atoms with Gasteiger partial charge in [-0.1, -0.05) is 5.57 Å². The highest BCUT2D eigenvalue weighted by atomic mass is 19.1. The van der Waals surface area contributed by atoms with Crippen LogP contribution in [0.3, 0.4) is 0 Å². The van der Waals surface area contributed by atoms with Crippen molar-refractivity contribution in [2.75, 3.05) is 18.0 Å². The van der Waals surface area contributed by atoms with Crippen LogP contribution in [0, 0.1) is 11.6 Å². The van der Waals surface area contributed by atoms with E-state index in [0.717, 1.165) is 25.0 Å². The molecule has 0 aromatic heterocycles. The number of carbonyl (C=O) groups is 1. The third kappa shape index (κ3) is 2.92. The van der Waals surface area contributed by atoms with E-state index in [2.05, 4.69) is 5.32 Å². The molecule has 2 saturated heterocycles. The summed E-state index contributed by atoms with van der Waals surface area (Å²) in [5, 5.41) is 2.87. The molecule has 0 radical (unpaired) electrons. The first-order valence-electron chi connectivity index (χ1n) is 8.88. The van der Waals surface area contributed by atoms with Crippen molar-refractivity contribution in [2.45, 2.75) is 50.5 Å². The number of carbonyl (C=O) groups excluding carboxylic acids is 1. The van der Waals surface area contributed by atoms with E-state index < -0.39 is 17.6 Å². The molecule has 4 nitrogen and oxygen atoms in total. The second-order valence-corrected chi connectivity index (χ2v) is 7.85. The van der Waals surface area contributed by atoms with Gasteiger partial charge in [0.15, 0.2) is 0 Å². The first kappa shape index (κ1) is 16.5. The molecule has 1 amide bonds. The number of anilines is 1. The van der Waals surface area contributed by atoms with E-state index in [1.54, 1.807) is 0 Å². The number of rotatable bonds is 2. The lowest BCUT2D eigenvalue weighted by atomic mass is 9.83. The van der Waals surface area contributed by atoms with Gasteiger partial charge in [0, 0.05) is 35.6 Å². The van der Waals surface area contributed by atoms with Crippen molar-refractivity contribution in [3.63, 3.8) is 0 Å². The molecule has 2 heterocycles. The number of benzene rings is 1. The zero-order valence-electron chi connectivity index (χ0n) is 14.4. The van der Waals surface area contributed by atoms with Crippen LogP contribution in [0.25, 0.3) is 0 Å². The highest BCUT2D eigenvalue weighted by Gasteiger charge is 2.37. The van der Waals surface area contributed by atoms with Gasteiger partial charge in [-0.2, -0.15) is 0 Å². The van der Waals surface area contributed by atoms with E-state index in [1.165, 1.54) is 17.7 Å². The number of nitrogens with two attached hydrogens (primary N) is 1. The fourth-order valence-electron chi connectivity index (χ4n) is 4.01. The number of allylic oxidation sites excluding steroid dienone is 2. The summed E-state index contributed by atoms with van der Waals surface area (Å²) >= 11 is 0. The van der Waals surface area contributed by atoms with Gasteiger partial charge in [-0.15, -0.1) is 0 Å². The second-order valence-electron chi connectivity index (χ2n) is 7.85. The molecular formula is C19H23F2N3O. The molecule has 1 saturated carbocycles. The molecule has 4 rings (SSSR count). The standard InChI is InChI=1S/C19H23F2N3O/c1-19(22)9-24(10-19)12-7-14(20)17(15(21)8-12)13-5-6-16(23-18(13)25)11-3-2-4-11/h7-8,13H,2-6,9-10,22H2,1H3,(H,23,25). The number of hydrogen-bond donors (Lipinski definition) is 2. The van der Waals surface area contributed by atoms with Crippen molar-refractivity contribution in [1.82, 2.24) is 5.32 Å². The molecule has 25 heavy (non-hydrogen) atoms. The van der Waals surface area contributed by atoms with Crippen LogP contribution in [0.5, 0.6) is 0 Å². The summed E-state index contributed by atoms with van der Waals surface area (Å²) in [5.74, 6) is -2.37. The first-order valence-corrected chi connectivity index (χ1v) is 8.88. The molecule has 134 valence electrons. The maximum atomic E-state index is 14.6. The summed E-state index contributed by atoms with van der Waals surface area (Å²) < 4.78 is 29.3. The zero-order chi connectivity index (χ0) is 17.8. The van der Waals surface area contributed by atoms with Gasteiger partial charge in [-0.3, -0.25) is 4.79 Å². The van der Waals surface area contributed by atoms with Crippen LogP contribution in [-0.4, -0.2) is 24.5 Å². The first-order chi connectivity index (χ1) is 11.8. The molecule has 3 fully saturated rings. The van der Waals surface area contributed by atoms with Gasteiger partial charge in [0.1, 0.15) is 11.6 Å². The van der Waals surface area contributed by atoms with Crippen LogP contribution in [0.4, 0.5) is 14.5 Å². The van der Waals surface area contributed by atoms with Crippen LogP contribution >= 0.6 is 0 Å². The zero-order valence-corrected chi connectivity index (χ0v) is 14.4. The van der Waals surface area contributed by atoms with Crippen LogP contribution < -0.4 is 16.0 Å². The molecule has 1 atom stereocenters. The lowest BCUT2D eigenvalue weighted by molar-refractivity contribution is -0.123. The third-order valence-corrected chi connectivity index (χ3v) is 5.54. The maximum absolute atomic E-state index is 14.6. The smallest absolute Gasteiger partial charge is 0.231 e. The van der Waals surface area contributed by atoms with Crippen LogP contribution in [0.2, 0.25) is 0 Å². The number of nitrogens with one attached hydrogen (secondary N) is 1. The van der Waals surface area contributed by atoms with Gasteiger partial charge in [0.2, 0.25) is 5.91 Å². The Labute approximate surface area is 146 Å². The lowest BCUT2D eigenvalue weighted by Gasteiger charge is -2.47. The predicted molar refractivity (Wildman–Crippen MR) is 92.2 cm³/mol.